The molecule has 0 spiro atoms. The van der Waals surface area contributed by atoms with E-state index in [9.17, 15) is 24.9 Å². The summed E-state index contributed by atoms with van der Waals surface area (Å²) in [5.41, 5.74) is -0.543. The van der Waals surface area contributed by atoms with Crippen LogP contribution in [0.15, 0.2) is 0 Å². The molecule has 8 nitrogen and oxygen atoms in total. The van der Waals surface area contributed by atoms with E-state index in [1.54, 1.807) is 0 Å². The maximum atomic E-state index is 12.6. The van der Waals surface area contributed by atoms with Crippen molar-refractivity contribution in [3.05, 3.63) is 0 Å². The van der Waals surface area contributed by atoms with E-state index in [2.05, 4.69) is 0 Å². The number of carbonyl (C=O) groups excluding carboxylic acids is 1. The van der Waals surface area contributed by atoms with Crippen LogP contribution in [0.2, 0.25) is 0 Å². The van der Waals surface area contributed by atoms with Crippen LogP contribution in [-0.4, -0.2) is 105 Å². The van der Waals surface area contributed by atoms with Crippen LogP contribution in [0.1, 0.15) is 85.0 Å². The lowest BCUT2D eigenvalue weighted by Crippen LogP contribution is -2.47. The summed E-state index contributed by atoms with van der Waals surface area (Å²) in [5.74, 6) is -1.13. The highest BCUT2D eigenvalue weighted by molar-refractivity contribution is 8.77. The van der Waals surface area contributed by atoms with Gasteiger partial charge >= 0.3 is 11.9 Å². The second-order valence-corrected chi connectivity index (χ2v) is 14.6. The van der Waals surface area contributed by atoms with Gasteiger partial charge < -0.3 is 20.1 Å². The average molecular weight is 549 g/mol. The van der Waals surface area contributed by atoms with E-state index in [1.165, 1.54) is 12.8 Å². The largest absolute Gasteiger partial charge is 0.480 e. The molecule has 210 valence electrons. The van der Waals surface area contributed by atoms with E-state index in [1.807, 2.05) is 52.2 Å². The molecule has 0 saturated heterocycles. The first-order valence-electron chi connectivity index (χ1n) is 13.5. The molecule has 2 aliphatic carbocycles. The van der Waals surface area contributed by atoms with Gasteiger partial charge in [-0.15, -0.1) is 0 Å². The third-order valence-corrected chi connectivity index (χ3v) is 11.1. The Hall–Kier alpha value is -0.520. The van der Waals surface area contributed by atoms with Gasteiger partial charge in [0.25, 0.3) is 0 Å². The molecule has 0 amide bonds. The van der Waals surface area contributed by atoms with Crippen molar-refractivity contribution in [1.29, 1.82) is 0 Å². The van der Waals surface area contributed by atoms with Crippen molar-refractivity contribution < 1.29 is 29.6 Å². The summed E-state index contributed by atoms with van der Waals surface area (Å²) >= 11 is 0. The Morgan fingerprint density at radius 2 is 1.19 bits per heavy atom. The molecule has 2 fully saturated rings. The summed E-state index contributed by atoms with van der Waals surface area (Å²) in [4.78, 5) is 28.0. The fourth-order valence-corrected chi connectivity index (χ4v) is 9.49. The molecule has 0 atom stereocenters. The summed E-state index contributed by atoms with van der Waals surface area (Å²) in [7, 11) is 3.84. The van der Waals surface area contributed by atoms with Crippen LogP contribution >= 0.6 is 21.6 Å². The summed E-state index contributed by atoms with van der Waals surface area (Å²) in [6, 6.07) is 0. The number of carbonyl (C=O) groups is 2. The molecule has 0 aromatic carbocycles. The molecule has 0 aromatic heterocycles. The topological polar surface area (TPSA) is 111 Å². The van der Waals surface area contributed by atoms with Crippen LogP contribution in [-0.2, 0) is 14.3 Å². The number of aliphatic carboxylic acids is 1. The van der Waals surface area contributed by atoms with E-state index in [0.717, 1.165) is 57.9 Å². The van der Waals surface area contributed by atoms with Crippen molar-refractivity contribution in [3.63, 3.8) is 0 Å². The number of hydrogen-bond donors (Lipinski definition) is 3. The van der Waals surface area contributed by atoms with E-state index in [0.29, 0.717) is 19.6 Å². The zero-order valence-electron chi connectivity index (χ0n) is 22.5. The molecule has 2 saturated carbocycles. The summed E-state index contributed by atoms with van der Waals surface area (Å²) in [6.45, 7) is 7.82. The van der Waals surface area contributed by atoms with Crippen molar-refractivity contribution in [1.82, 2.24) is 9.80 Å². The van der Waals surface area contributed by atoms with E-state index in [-0.39, 0.29) is 41.8 Å². The SMILES string of the molecule is CC(C)(C)OC(=O)CN(CCO)CC1(SSC2(CN(CCO)CC(=O)O)CCCCC2)CCCCC1. The van der Waals surface area contributed by atoms with Crippen LogP contribution < -0.4 is 0 Å². The van der Waals surface area contributed by atoms with E-state index < -0.39 is 11.6 Å². The number of aliphatic hydroxyl groups excluding tert-OH is 2. The lowest BCUT2D eigenvalue weighted by molar-refractivity contribution is -0.156. The van der Waals surface area contributed by atoms with Crippen LogP contribution in [0.3, 0.4) is 0 Å². The number of carboxylic acid groups (broad SMARTS) is 1. The fraction of sp³-hybridized carbons (Fsp3) is 0.923. The zero-order valence-corrected chi connectivity index (χ0v) is 24.1. The molecule has 0 aliphatic heterocycles. The lowest BCUT2D eigenvalue weighted by Gasteiger charge is -2.45. The number of carboxylic acids is 1. The average Bonchev–Trinajstić information content (AvgIpc) is 2.78. The Morgan fingerprint density at radius 3 is 1.56 bits per heavy atom. The molecule has 0 radical (unpaired) electrons. The second kappa shape index (κ2) is 15.2. The van der Waals surface area contributed by atoms with Crippen molar-refractivity contribution in [2.24, 2.45) is 0 Å². The highest BCUT2D eigenvalue weighted by atomic mass is 33.1. The minimum absolute atomic E-state index is 0.00800. The van der Waals surface area contributed by atoms with Gasteiger partial charge in [-0.2, -0.15) is 0 Å². The van der Waals surface area contributed by atoms with Gasteiger partial charge in [-0.25, -0.2) is 0 Å². The standard InChI is InChI=1S/C26H48N2O6S2/c1-24(2,3)34-23(33)19-28(15-17-30)21-26(12-8-5-9-13-26)36-35-25(10-6-4-7-11-25)20-27(14-16-29)18-22(31)32/h29-30H,4-21H2,1-3H3,(H,31,32). The van der Waals surface area contributed by atoms with Gasteiger partial charge in [-0.3, -0.25) is 19.4 Å². The fourth-order valence-electron chi connectivity index (χ4n) is 5.38. The van der Waals surface area contributed by atoms with Gasteiger partial charge in [-0.05, 0) is 46.5 Å². The minimum Gasteiger partial charge on any atom is -0.480 e. The Balaban J connectivity index is 2.16. The molecule has 36 heavy (non-hydrogen) atoms. The lowest BCUT2D eigenvalue weighted by atomic mass is 9.87. The number of nitrogens with zero attached hydrogens (tertiary/aromatic N) is 2. The maximum Gasteiger partial charge on any atom is 0.320 e. The third-order valence-electron chi connectivity index (χ3n) is 6.91. The molecule has 2 rings (SSSR count). The smallest absolute Gasteiger partial charge is 0.320 e. The molecule has 0 unspecified atom stereocenters. The highest BCUT2D eigenvalue weighted by Gasteiger charge is 2.41. The van der Waals surface area contributed by atoms with Crippen LogP contribution in [0, 0.1) is 0 Å². The molecule has 3 N–H and O–H groups in total. The summed E-state index contributed by atoms with van der Waals surface area (Å²) in [6.07, 6.45) is 11.2. The number of hydrogen-bond acceptors (Lipinski definition) is 9. The number of rotatable bonds is 15. The number of esters is 1. The molecular formula is C26H48N2O6S2. The first-order valence-corrected chi connectivity index (χ1v) is 15.6. The Morgan fingerprint density at radius 1 is 0.778 bits per heavy atom. The minimum atomic E-state index is -0.863. The quantitative estimate of drug-likeness (QED) is 0.206. The third kappa shape index (κ3) is 11.5. The Kier molecular flexibility index (Phi) is 13.4. The van der Waals surface area contributed by atoms with Crippen LogP contribution in [0.4, 0.5) is 0 Å². The monoisotopic (exact) mass is 548 g/mol. The van der Waals surface area contributed by atoms with Gasteiger partial charge in [0.2, 0.25) is 0 Å². The van der Waals surface area contributed by atoms with Crippen LogP contribution in [0.25, 0.3) is 0 Å². The molecule has 0 aromatic rings. The van der Waals surface area contributed by atoms with Gasteiger partial charge in [0.05, 0.1) is 26.3 Å². The molecule has 10 heteroatoms. The first kappa shape index (κ1) is 31.7. The second-order valence-electron chi connectivity index (χ2n) is 11.5. The molecule has 0 heterocycles. The molecular weight excluding hydrogens is 500 g/mol. The maximum absolute atomic E-state index is 12.6. The Labute approximate surface area is 225 Å². The Bertz CT molecular complexity index is 676. The summed E-state index contributed by atoms with van der Waals surface area (Å²) in [5, 5.41) is 28.6. The van der Waals surface area contributed by atoms with E-state index >= 15 is 0 Å². The van der Waals surface area contributed by atoms with Gasteiger partial charge in [0.15, 0.2) is 0 Å². The van der Waals surface area contributed by atoms with Gasteiger partial charge in [-0.1, -0.05) is 60.1 Å². The molecule has 2 aliphatic rings. The van der Waals surface area contributed by atoms with Gasteiger partial charge in [0.1, 0.15) is 5.60 Å². The highest BCUT2D eigenvalue weighted by Crippen LogP contribution is 2.54. The predicted octanol–water partition coefficient (Wildman–Crippen LogP) is 3.79. The first-order chi connectivity index (χ1) is 17.0. The molecule has 0 bridgehead atoms. The van der Waals surface area contributed by atoms with Crippen LogP contribution in [0.5, 0.6) is 0 Å². The zero-order chi connectivity index (χ0) is 26.7. The number of ether oxygens (including phenoxy) is 1. The summed E-state index contributed by atoms with van der Waals surface area (Å²) < 4.78 is 5.48. The van der Waals surface area contributed by atoms with Crippen molar-refractivity contribution in [3.8, 4) is 0 Å². The number of aliphatic hydroxyl groups is 2. The predicted molar refractivity (Wildman–Crippen MR) is 147 cm³/mol. The van der Waals surface area contributed by atoms with Gasteiger partial charge in [0, 0.05) is 35.7 Å². The van der Waals surface area contributed by atoms with Crippen molar-refractivity contribution in [2.45, 2.75) is 100 Å². The van der Waals surface area contributed by atoms with Crippen molar-refractivity contribution >= 4 is 33.5 Å². The van der Waals surface area contributed by atoms with Crippen molar-refractivity contribution in [2.75, 3.05) is 52.5 Å². The normalized spacial score (nSPS) is 20.0. The van der Waals surface area contributed by atoms with E-state index in [4.69, 9.17) is 4.74 Å².